The molecule has 0 aliphatic rings. The molecule has 8 heteroatoms. The van der Waals surface area contributed by atoms with Gasteiger partial charge in [-0.3, -0.25) is 4.84 Å². The van der Waals surface area contributed by atoms with Crippen LogP contribution in [0.5, 0.6) is 5.75 Å². The highest BCUT2D eigenvalue weighted by Crippen LogP contribution is 2.29. The molecule has 0 heterocycles. The molecule has 1 N–H and O–H groups in total. The van der Waals surface area contributed by atoms with Gasteiger partial charge in [-0.2, -0.15) is 4.67 Å². The molecule has 0 aliphatic heterocycles. The van der Waals surface area contributed by atoms with Crippen LogP contribution in [0.4, 0.5) is 0 Å². The molecule has 0 spiro atoms. The highest BCUT2D eigenvalue weighted by atomic mass is 32.7. The third-order valence-corrected chi connectivity index (χ3v) is 2.97. The maximum atomic E-state index is 11.8. The monoisotopic (exact) mass is 305 g/mol. The van der Waals surface area contributed by atoms with E-state index >= 15 is 0 Å². The fourth-order valence-electron chi connectivity index (χ4n) is 1.12. The van der Waals surface area contributed by atoms with Gasteiger partial charge in [-0.05, 0) is 26.0 Å². The number of rotatable bonds is 8. The van der Waals surface area contributed by atoms with Crippen molar-refractivity contribution in [1.29, 1.82) is 0 Å². The van der Waals surface area contributed by atoms with Gasteiger partial charge in [0, 0.05) is 11.6 Å². The Morgan fingerprint density at radius 3 is 2.79 bits per heavy atom. The van der Waals surface area contributed by atoms with Crippen molar-refractivity contribution < 1.29 is 23.9 Å². The zero-order valence-corrected chi connectivity index (χ0v) is 12.7. The lowest BCUT2D eigenvalue weighted by molar-refractivity contribution is -0.0823. The normalized spacial score (nSPS) is 11.2. The van der Waals surface area contributed by atoms with Crippen LogP contribution in [0, 0.1) is 0 Å². The van der Waals surface area contributed by atoms with Crippen LogP contribution in [0.15, 0.2) is 24.3 Å². The van der Waals surface area contributed by atoms with Crippen LogP contribution in [0.2, 0.25) is 0 Å². The van der Waals surface area contributed by atoms with Crippen molar-refractivity contribution in [3.05, 3.63) is 29.8 Å². The van der Waals surface area contributed by atoms with Crippen LogP contribution < -0.4 is 9.77 Å². The van der Waals surface area contributed by atoms with Crippen LogP contribution in [-0.4, -0.2) is 19.2 Å². The van der Waals surface area contributed by atoms with Gasteiger partial charge < -0.3 is 9.62 Å². The Labute approximate surface area is 117 Å². The predicted octanol–water partition coefficient (Wildman–Crippen LogP) is 2.87. The van der Waals surface area contributed by atoms with Crippen molar-refractivity contribution in [2.45, 2.75) is 20.0 Å². The number of ether oxygens (including phenoxy) is 1. The number of esters is 1. The Balaban J connectivity index is 2.55. The zero-order valence-electron chi connectivity index (χ0n) is 10.8. The topological polar surface area (TPSA) is 66.0 Å². The summed E-state index contributed by atoms with van der Waals surface area (Å²) >= 11 is 1.19. The standard InChI is InChI=1S/C11H16NO5PS/c1-8(2)15-11(13)9-6-4-5-7-10(9)16-17-18-19-12-14-3/h4-8,12,18H,1-3H3. The van der Waals surface area contributed by atoms with Gasteiger partial charge in [-0.15, -0.1) is 4.89 Å². The van der Waals surface area contributed by atoms with Crippen molar-refractivity contribution in [2.24, 2.45) is 0 Å². The van der Waals surface area contributed by atoms with E-state index in [1.54, 1.807) is 38.1 Å². The smallest absolute Gasteiger partial charge is 0.342 e. The number of hydrogen-bond donors (Lipinski definition) is 1. The number of carbonyl (C=O) groups excluding carboxylic acids is 1. The van der Waals surface area contributed by atoms with E-state index in [4.69, 9.17) is 14.3 Å². The molecule has 1 unspecified atom stereocenters. The van der Waals surface area contributed by atoms with Gasteiger partial charge in [0.25, 0.3) is 0 Å². The first-order valence-electron chi connectivity index (χ1n) is 5.47. The first kappa shape index (κ1) is 16.2. The van der Waals surface area contributed by atoms with E-state index < -0.39 is 5.97 Å². The molecule has 6 nitrogen and oxygen atoms in total. The van der Waals surface area contributed by atoms with E-state index in [0.717, 1.165) is 0 Å². The first-order chi connectivity index (χ1) is 9.15. The molecule has 0 bridgehead atoms. The third-order valence-electron chi connectivity index (χ3n) is 1.78. The van der Waals surface area contributed by atoms with E-state index in [1.807, 2.05) is 0 Å². The fourth-order valence-corrected chi connectivity index (χ4v) is 1.95. The summed E-state index contributed by atoms with van der Waals surface area (Å²) < 4.78 is 10.1. The summed E-state index contributed by atoms with van der Waals surface area (Å²) in [4.78, 5) is 24.0. The Hall–Kier alpha value is -0.850. The molecule has 0 aliphatic carbocycles. The Bertz CT molecular complexity index is 404. The minimum Gasteiger partial charge on any atom is -0.459 e. The third kappa shape index (κ3) is 6.22. The fraction of sp³-hybridized carbons (Fsp3) is 0.364. The van der Waals surface area contributed by atoms with E-state index in [0.29, 0.717) is 11.3 Å². The molecular formula is C11H16NO5PS. The van der Waals surface area contributed by atoms with Crippen LogP contribution >= 0.6 is 19.6 Å². The van der Waals surface area contributed by atoms with Crippen molar-refractivity contribution in [3.63, 3.8) is 0 Å². The second-order valence-electron chi connectivity index (χ2n) is 3.59. The van der Waals surface area contributed by atoms with Crippen LogP contribution in [0.25, 0.3) is 0 Å². The second kappa shape index (κ2) is 9.12. The lowest BCUT2D eigenvalue weighted by atomic mass is 10.2. The van der Waals surface area contributed by atoms with E-state index in [1.165, 1.54) is 18.7 Å². The molecule has 0 saturated heterocycles. The zero-order chi connectivity index (χ0) is 14.1. The van der Waals surface area contributed by atoms with Gasteiger partial charge in [0.2, 0.25) is 0 Å². The molecule has 0 amide bonds. The minimum atomic E-state index is -0.444. The van der Waals surface area contributed by atoms with Gasteiger partial charge in [0.1, 0.15) is 13.6 Å². The van der Waals surface area contributed by atoms with Crippen molar-refractivity contribution in [3.8, 4) is 5.75 Å². The molecule has 1 atom stereocenters. The minimum absolute atomic E-state index is 0.0433. The molecule has 1 rings (SSSR count). The van der Waals surface area contributed by atoms with Gasteiger partial charge in [-0.1, -0.05) is 12.1 Å². The van der Waals surface area contributed by atoms with Crippen LogP contribution in [0.1, 0.15) is 24.2 Å². The van der Waals surface area contributed by atoms with Gasteiger partial charge in [0.05, 0.1) is 13.2 Å². The average Bonchev–Trinajstić information content (AvgIpc) is 2.38. The van der Waals surface area contributed by atoms with Crippen LogP contribution in [0.3, 0.4) is 0 Å². The summed E-state index contributed by atoms with van der Waals surface area (Å²) in [6, 6.07) is 6.73. The van der Waals surface area contributed by atoms with E-state index in [2.05, 4.69) is 9.72 Å². The number of carbonyl (C=O) groups is 1. The summed E-state index contributed by atoms with van der Waals surface area (Å²) in [6.07, 6.45) is -0.190. The molecule has 19 heavy (non-hydrogen) atoms. The second-order valence-corrected chi connectivity index (χ2v) is 5.41. The maximum absolute atomic E-state index is 11.8. The molecule has 0 radical (unpaired) electrons. The van der Waals surface area contributed by atoms with Crippen LogP contribution in [-0.2, 0) is 14.2 Å². The Morgan fingerprint density at radius 2 is 2.11 bits per heavy atom. The maximum Gasteiger partial charge on any atom is 0.342 e. The number of hydrogen-bond acceptors (Lipinski definition) is 7. The number of nitrogens with one attached hydrogen (secondary N) is 1. The van der Waals surface area contributed by atoms with Gasteiger partial charge >= 0.3 is 5.97 Å². The molecular weight excluding hydrogens is 289 g/mol. The van der Waals surface area contributed by atoms with Gasteiger partial charge in [0.15, 0.2) is 5.75 Å². The largest absolute Gasteiger partial charge is 0.459 e. The number of para-hydroxylation sites is 1. The molecule has 0 saturated carbocycles. The Kier molecular flexibility index (Phi) is 7.78. The van der Waals surface area contributed by atoms with Crippen molar-refractivity contribution in [1.82, 2.24) is 4.89 Å². The van der Waals surface area contributed by atoms with Crippen molar-refractivity contribution >= 4 is 25.5 Å². The molecule has 106 valence electrons. The lowest BCUT2D eigenvalue weighted by Crippen LogP contribution is -2.12. The molecule has 1 aromatic rings. The van der Waals surface area contributed by atoms with E-state index in [-0.39, 0.29) is 14.1 Å². The Morgan fingerprint density at radius 1 is 1.37 bits per heavy atom. The average molecular weight is 305 g/mol. The predicted molar refractivity (Wildman–Crippen MR) is 74.8 cm³/mol. The summed E-state index contributed by atoms with van der Waals surface area (Å²) in [7, 11) is 1.45. The molecule has 0 fully saturated rings. The first-order valence-corrected chi connectivity index (χ1v) is 7.92. The summed E-state index contributed by atoms with van der Waals surface area (Å²) in [5.74, 6) is -0.126. The quantitative estimate of drug-likeness (QED) is 0.198. The van der Waals surface area contributed by atoms with Gasteiger partial charge in [-0.25, -0.2) is 4.79 Å². The molecule has 1 aromatic carbocycles. The van der Waals surface area contributed by atoms with Crippen molar-refractivity contribution in [2.75, 3.05) is 7.11 Å². The highest BCUT2D eigenvalue weighted by molar-refractivity contribution is 8.46. The lowest BCUT2D eigenvalue weighted by Gasteiger charge is -2.11. The summed E-state index contributed by atoms with van der Waals surface area (Å²) in [5.41, 5.74) is 0.325. The molecule has 0 aromatic heterocycles. The number of benzene rings is 1. The summed E-state index contributed by atoms with van der Waals surface area (Å²) in [6.45, 7) is 3.57. The SMILES string of the molecule is CONSPOOc1ccccc1C(=O)OC(C)C. The summed E-state index contributed by atoms with van der Waals surface area (Å²) in [5, 5.41) is 0. The highest BCUT2D eigenvalue weighted by Gasteiger charge is 2.15. The van der Waals surface area contributed by atoms with E-state index in [9.17, 15) is 4.79 Å².